The molecule has 1 heterocycles. The molecule has 0 atom stereocenters. The van der Waals surface area contributed by atoms with Crippen LogP contribution in [0.4, 0.5) is 10.3 Å². The van der Waals surface area contributed by atoms with Crippen LogP contribution < -0.4 is 10.1 Å². The standard InChI is InChI=1S/C13H14FN3OS/c1-3-15-13-16-8-9(14)12(17-13)19-11-7-5-4-6-10(11)18-2/h4-8H,3H2,1-2H3,(H,15,16,17). The fraction of sp³-hybridized carbons (Fsp3) is 0.231. The maximum atomic E-state index is 13.7. The highest BCUT2D eigenvalue weighted by Crippen LogP contribution is 2.34. The highest BCUT2D eigenvalue weighted by atomic mass is 32.2. The van der Waals surface area contributed by atoms with E-state index in [0.717, 1.165) is 4.90 Å². The number of nitrogens with one attached hydrogen (secondary N) is 1. The van der Waals surface area contributed by atoms with Gasteiger partial charge in [0, 0.05) is 6.54 Å². The minimum absolute atomic E-state index is 0.274. The summed E-state index contributed by atoms with van der Waals surface area (Å²) in [5.74, 6) is 0.661. The lowest BCUT2D eigenvalue weighted by Crippen LogP contribution is -2.03. The first-order valence-corrected chi connectivity index (χ1v) is 6.63. The van der Waals surface area contributed by atoms with Crippen molar-refractivity contribution < 1.29 is 9.13 Å². The number of para-hydroxylation sites is 1. The van der Waals surface area contributed by atoms with Crippen LogP contribution in [0.5, 0.6) is 5.75 Å². The number of hydrogen-bond acceptors (Lipinski definition) is 5. The van der Waals surface area contributed by atoms with E-state index in [1.54, 1.807) is 7.11 Å². The van der Waals surface area contributed by atoms with Crippen molar-refractivity contribution in [3.8, 4) is 5.75 Å². The van der Waals surface area contributed by atoms with Gasteiger partial charge in [-0.15, -0.1) is 0 Å². The molecule has 1 aromatic carbocycles. The Bertz CT molecular complexity index is 565. The number of aromatic nitrogens is 2. The van der Waals surface area contributed by atoms with E-state index >= 15 is 0 Å². The normalized spacial score (nSPS) is 10.3. The smallest absolute Gasteiger partial charge is 0.223 e. The summed E-state index contributed by atoms with van der Waals surface area (Å²) < 4.78 is 18.9. The molecular formula is C13H14FN3OS. The molecule has 6 heteroatoms. The first kappa shape index (κ1) is 13.6. The van der Waals surface area contributed by atoms with Gasteiger partial charge in [-0.25, -0.2) is 14.4 Å². The Morgan fingerprint density at radius 2 is 2.16 bits per heavy atom. The second-order valence-corrected chi connectivity index (χ2v) is 4.66. The molecule has 0 aliphatic carbocycles. The van der Waals surface area contributed by atoms with Crippen LogP contribution in [0.15, 0.2) is 40.4 Å². The Labute approximate surface area is 115 Å². The van der Waals surface area contributed by atoms with Gasteiger partial charge in [0.05, 0.1) is 18.2 Å². The first-order chi connectivity index (χ1) is 9.24. The predicted molar refractivity (Wildman–Crippen MR) is 73.3 cm³/mol. The highest BCUT2D eigenvalue weighted by molar-refractivity contribution is 7.99. The van der Waals surface area contributed by atoms with Crippen molar-refractivity contribution in [3.63, 3.8) is 0 Å². The molecule has 0 aliphatic rings. The van der Waals surface area contributed by atoms with E-state index in [1.165, 1.54) is 18.0 Å². The maximum Gasteiger partial charge on any atom is 0.223 e. The molecule has 0 bridgehead atoms. The molecule has 0 unspecified atom stereocenters. The summed E-state index contributed by atoms with van der Waals surface area (Å²) in [5, 5.41) is 3.23. The fourth-order valence-corrected chi connectivity index (χ4v) is 2.36. The quantitative estimate of drug-likeness (QED) is 0.852. The SMILES string of the molecule is CCNc1ncc(F)c(Sc2ccccc2OC)n1. The van der Waals surface area contributed by atoms with Crippen LogP contribution in [0.2, 0.25) is 0 Å². The van der Waals surface area contributed by atoms with E-state index in [0.29, 0.717) is 18.2 Å². The summed E-state index contributed by atoms with van der Waals surface area (Å²) in [5.41, 5.74) is 0. The van der Waals surface area contributed by atoms with E-state index in [9.17, 15) is 4.39 Å². The minimum atomic E-state index is -0.447. The Morgan fingerprint density at radius 3 is 2.89 bits per heavy atom. The number of nitrogens with zero attached hydrogens (tertiary/aromatic N) is 2. The molecule has 1 N–H and O–H groups in total. The van der Waals surface area contributed by atoms with E-state index in [2.05, 4.69) is 15.3 Å². The van der Waals surface area contributed by atoms with Gasteiger partial charge >= 0.3 is 0 Å². The van der Waals surface area contributed by atoms with E-state index in [-0.39, 0.29) is 5.03 Å². The van der Waals surface area contributed by atoms with Crippen molar-refractivity contribution in [2.45, 2.75) is 16.8 Å². The molecule has 0 saturated carbocycles. The van der Waals surface area contributed by atoms with Crippen LogP contribution in [0.1, 0.15) is 6.92 Å². The van der Waals surface area contributed by atoms with Crippen molar-refractivity contribution in [1.82, 2.24) is 9.97 Å². The number of ether oxygens (including phenoxy) is 1. The van der Waals surface area contributed by atoms with Gasteiger partial charge in [0.25, 0.3) is 0 Å². The molecule has 4 nitrogen and oxygen atoms in total. The molecule has 0 radical (unpaired) electrons. The van der Waals surface area contributed by atoms with E-state index in [1.807, 2.05) is 31.2 Å². The summed E-state index contributed by atoms with van der Waals surface area (Å²) in [6.45, 7) is 2.62. The van der Waals surface area contributed by atoms with Crippen LogP contribution in [0, 0.1) is 5.82 Å². The summed E-state index contributed by atoms with van der Waals surface area (Å²) in [6.07, 6.45) is 1.17. The third-order valence-electron chi connectivity index (χ3n) is 2.32. The average molecular weight is 279 g/mol. The highest BCUT2D eigenvalue weighted by Gasteiger charge is 2.11. The Morgan fingerprint density at radius 1 is 1.37 bits per heavy atom. The zero-order valence-electron chi connectivity index (χ0n) is 10.7. The number of methoxy groups -OCH3 is 1. The van der Waals surface area contributed by atoms with Crippen LogP contribution in [-0.2, 0) is 0 Å². The Kier molecular flexibility index (Phi) is 4.57. The lowest BCUT2D eigenvalue weighted by atomic mass is 10.3. The topological polar surface area (TPSA) is 47.0 Å². The number of halogens is 1. The van der Waals surface area contributed by atoms with E-state index in [4.69, 9.17) is 4.74 Å². The molecule has 2 rings (SSSR count). The third kappa shape index (κ3) is 3.35. The van der Waals surface area contributed by atoms with Crippen LogP contribution in [-0.4, -0.2) is 23.6 Å². The molecular weight excluding hydrogens is 265 g/mol. The lowest BCUT2D eigenvalue weighted by Gasteiger charge is -2.08. The largest absolute Gasteiger partial charge is 0.496 e. The molecule has 0 spiro atoms. The van der Waals surface area contributed by atoms with Gasteiger partial charge in [0.1, 0.15) is 10.8 Å². The average Bonchev–Trinajstić information content (AvgIpc) is 2.43. The predicted octanol–water partition coefficient (Wildman–Crippen LogP) is 3.21. The fourth-order valence-electron chi connectivity index (χ4n) is 1.47. The molecule has 1 aromatic heterocycles. The first-order valence-electron chi connectivity index (χ1n) is 5.82. The molecule has 19 heavy (non-hydrogen) atoms. The van der Waals surface area contributed by atoms with Gasteiger partial charge in [0.15, 0.2) is 5.82 Å². The van der Waals surface area contributed by atoms with Gasteiger partial charge < -0.3 is 10.1 Å². The molecule has 0 amide bonds. The third-order valence-corrected chi connectivity index (χ3v) is 3.36. The van der Waals surface area contributed by atoms with Crippen LogP contribution in [0.25, 0.3) is 0 Å². The number of anilines is 1. The van der Waals surface area contributed by atoms with Gasteiger partial charge in [0.2, 0.25) is 5.95 Å². The Hall–Kier alpha value is -1.82. The maximum absolute atomic E-state index is 13.7. The van der Waals surface area contributed by atoms with Gasteiger partial charge in [-0.2, -0.15) is 0 Å². The summed E-state index contributed by atoms with van der Waals surface area (Å²) in [6, 6.07) is 7.42. The van der Waals surface area contributed by atoms with Crippen molar-refractivity contribution in [2.24, 2.45) is 0 Å². The number of benzene rings is 1. The molecule has 0 fully saturated rings. The number of hydrogen-bond donors (Lipinski definition) is 1. The lowest BCUT2D eigenvalue weighted by molar-refractivity contribution is 0.405. The summed E-state index contributed by atoms with van der Waals surface area (Å²) in [4.78, 5) is 8.82. The Balaban J connectivity index is 2.29. The minimum Gasteiger partial charge on any atom is -0.496 e. The van der Waals surface area contributed by atoms with Gasteiger partial charge in [-0.1, -0.05) is 23.9 Å². The molecule has 0 aliphatic heterocycles. The number of rotatable bonds is 5. The summed E-state index contributed by atoms with van der Waals surface area (Å²) >= 11 is 1.21. The second-order valence-electron chi connectivity index (χ2n) is 3.63. The zero-order chi connectivity index (χ0) is 13.7. The second kappa shape index (κ2) is 6.38. The molecule has 0 saturated heterocycles. The van der Waals surface area contributed by atoms with Crippen molar-refractivity contribution in [3.05, 3.63) is 36.3 Å². The molecule has 2 aromatic rings. The van der Waals surface area contributed by atoms with Crippen molar-refractivity contribution >= 4 is 17.7 Å². The zero-order valence-corrected chi connectivity index (χ0v) is 11.5. The monoisotopic (exact) mass is 279 g/mol. The van der Waals surface area contributed by atoms with Crippen LogP contribution in [0.3, 0.4) is 0 Å². The van der Waals surface area contributed by atoms with Gasteiger partial charge in [-0.05, 0) is 19.1 Å². The van der Waals surface area contributed by atoms with Crippen LogP contribution >= 0.6 is 11.8 Å². The molecule has 100 valence electrons. The summed E-state index contributed by atoms with van der Waals surface area (Å²) in [7, 11) is 1.58. The van der Waals surface area contributed by atoms with Gasteiger partial charge in [-0.3, -0.25) is 0 Å². The van der Waals surface area contributed by atoms with E-state index < -0.39 is 5.82 Å². The van der Waals surface area contributed by atoms with Crippen molar-refractivity contribution in [2.75, 3.05) is 19.0 Å². The van der Waals surface area contributed by atoms with Crippen molar-refractivity contribution in [1.29, 1.82) is 0 Å².